The van der Waals surface area contributed by atoms with Crippen LogP contribution >= 0.6 is 0 Å². The summed E-state index contributed by atoms with van der Waals surface area (Å²) in [4.78, 5) is 12.0. The minimum atomic E-state index is -1.11. The van der Waals surface area contributed by atoms with Crippen LogP contribution in [0, 0.1) is 45.8 Å². The van der Waals surface area contributed by atoms with Gasteiger partial charge in [-0.1, -0.05) is 25.5 Å². The Hall–Kier alpha value is -1.56. The van der Waals surface area contributed by atoms with Crippen LogP contribution in [-0.2, 0) is 23.7 Å². The third-order valence-electron chi connectivity index (χ3n) is 9.68. The van der Waals surface area contributed by atoms with Crippen LogP contribution in [0.4, 0.5) is 0 Å². The Morgan fingerprint density at radius 1 is 1.23 bits per heavy atom. The molecule has 3 saturated carbocycles. The van der Waals surface area contributed by atoms with E-state index < -0.39 is 28.8 Å². The zero-order valence-electron chi connectivity index (χ0n) is 18.0. The maximum absolute atomic E-state index is 12.0. The summed E-state index contributed by atoms with van der Waals surface area (Å²) >= 11 is 0. The standard InChI is InChI=1S/C24H29NO6/c1-21-6-5-16(26)7-14(21)3-4-17-18-8-15(10-25)24(22(18,2)9-19(27)20(17)21)23(30-13-31-24)11-28-12-29-23/h5-7,15,17-20,27H,3-4,8-9,11-13H2,1-2H3/t15-,17+,18+,19+,20-,21+,22+,23?,24-/m1/s1. The highest BCUT2D eigenvalue weighted by Crippen LogP contribution is 2.72. The van der Waals surface area contributed by atoms with Gasteiger partial charge in [0, 0.05) is 16.7 Å². The first-order valence-corrected chi connectivity index (χ1v) is 11.3. The molecule has 31 heavy (non-hydrogen) atoms. The summed E-state index contributed by atoms with van der Waals surface area (Å²) in [6.07, 6.45) is 7.73. The van der Waals surface area contributed by atoms with Gasteiger partial charge in [0.15, 0.2) is 19.4 Å². The Morgan fingerprint density at radius 3 is 2.77 bits per heavy atom. The quantitative estimate of drug-likeness (QED) is 0.634. The molecule has 6 aliphatic rings. The van der Waals surface area contributed by atoms with Gasteiger partial charge in [0.2, 0.25) is 5.79 Å². The maximum atomic E-state index is 12.0. The first-order valence-electron chi connectivity index (χ1n) is 11.3. The fourth-order valence-corrected chi connectivity index (χ4v) is 8.55. The van der Waals surface area contributed by atoms with Crippen molar-refractivity contribution in [2.75, 3.05) is 20.2 Å². The normalized spacial score (nSPS) is 55.1. The number of fused-ring (bicyclic) bond motifs is 7. The van der Waals surface area contributed by atoms with E-state index in [-0.39, 0.29) is 49.1 Å². The van der Waals surface area contributed by atoms with E-state index in [1.807, 2.05) is 6.08 Å². The number of ether oxygens (including phenoxy) is 4. The van der Waals surface area contributed by atoms with Crippen molar-refractivity contribution < 1.29 is 28.8 Å². The van der Waals surface area contributed by atoms with Crippen molar-refractivity contribution in [2.24, 2.45) is 34.5 Å². The first kappa shape index (κ1) is 20.1. The van der Waals surface area contributed by atoms with Gasteiger partial charge in [0.1, 0.15) is 12.2 Å². The van der Waals surface area contributed by atoms with Gasteiger partial charge in [0.25, 0.3) is 0 Å². The Balaban J connectivity index is 1.46. The molecule has 0 aromatic heterocycles. The van der Waals surface area contributed by atoms with E-state index in [9.17, 15) is 15.2 Å². The van der Waals surface area contributed by atoms with Crippen molar-refractivity contribution in [1.29, 1.82) is 5.26 Å². The number of carbonyl (C=O) groups is 1. The largest absolute Gasteiger partial charge is 0.393 e. The Morgan fingerprint density at radius 2 is 2.03 bits per heavy atom. The second-order valence-electron chi connectivity index (χ2n) is 10.6. The monoisotopic (exact) mass is 427 g/mol. The van der Waals surface area contributed by atoms with Crippen molar-refractivity contribution >= 4 is 5.78 Å². The van der Waals surface area contributed by atoms with Crippen molar-refractivity contribution in [2.45, 2.75) is 57.0 Å². The molecule has 9 atom stereocenters. The van der Waals surface area contributed by atoms with Gasteiger partial charge < -0.3 is 24.1 Å². The van der Waals surface area contributed by atoms with Crippen LogP contribution in [0.2, 0.25) is 0 Å². The number of rotatable bonds is 0. The van der Waals surface area contributed by atoms with Crippen molar-refractivity contribution in [1.82, 2.24) is 0 Å². The van der Waals surface area contributed by atoms with Gasteiger partial charge in [0.05, 0.1) is 18.1 Å². The van der Waals surface area contributed by atoms with Crippen molar-refractivity contribution in [3.05, 3.63) is 23.8 Å². The molecule has 7 nitrogen and oxygen atoms in total. The van der Waals surface area contributed by atoms with Crippen LogP contribution in [0.25, 0.3) is 0 Å². The molecule has 1 unspecified atom stereocenters. The molecule has 0 amide bonds. The average Bonchev–Trinajstić information content (AvgIpc) is 3.42. The summed E-state index contributed by atoms with van der Waals surface area (Å²) in [5, 5.41) is 21.8. The molecule has 2 spiro atoms. The molecule has 6 rings (SSSR count). The summed E-state index contributed by atoms with van der Waals surface area (Å²) in [5.74, 6) is -1.09. The number of aliphatic hydroxyl groups excluding tert-OH is 1. The first-order chi connectivity index (χ1) is 14.8. The highest BCUT2D eigenvalue weighted by Gasteiger charge is 2.80. The summed E-state index contributed by atoms with van der Waals surface area (Å²) in [5.41, 5.74) is -0.688. The fraction of sp³-hybridized carbons (Fsp3) is 0.750. The summed E-state index contributed by atoms with van der Waals surface area (Å²) in [6, 6.07) is 2.52. The predicted molar refractivity (Wildman–Crippen MR) is 107 cm³/mol. The summed E-state index contributed by atoms with van der Waals surface area (Å²) in [6.45, 7) is 4.71. The molecule has 2 aliphatic heterocycles. The number of carbonyl (C=O) groups excluding carboxylic acids is 1. The number of hydrogen-bond acceptors (Lipinski definition) is 7. The van der Waals surface area contributed by atoms with E-state index in [2.05, 4.69) is 19.9 Å². The number of aliphatic hydroxyl groups is 1. The zero-order valence-corrected chi connectivity index (χ0v) is 18.0. The third-order valence-corrected chi connectivity index (χ3v) is 9.68. The Bertz CT molecular complexity index is 925. The van der Waals surface area contributed by atoms with Gasteiger partial charge in [-0.3, -0.25) is 4.79 Å². The van der Waals surface area contributed by atoms with Gasteiger partial charge in [-0.05, 0) is 49.7 Å². The van der Waals surface area contributed by atoms with Crippen LogP contribution in [0.1, 0.15) is 39.5 Å². The number of allylic oxidation sites excluding steroid dienone is 4. The van der Waals surface area contributed by atoms with E-state index in [1.54, 1.807) is 12.2 Å². The molecule has 4 aliphatic carbocycles. The third kappa shape index (κ3) is 2.18. The zero-order chi connectivity index (χ0) is 21.6. The van der Waals surface area contributed by atoms with Crippen molar-refractivity contribution in [3.63, 3.8) is 0 Å². The number of nitrogens with zero attached hydrogens (tertiary/aromatic N) is 1. The second-order valence-corrected chi connectivity index (χ2v) is 10.6. The number of ketones is 1. The molecule has 2 saturated heterocycles. The SMILES string of the molecule is C[C@]12C=CC(=O)C=C1CC[C@@H]1[C@@H]2[C@@H](O)C[C@@]2(C)[C@H]1C[C@H](C#N)[C@@]21OCOC12COCO2. The van der Waals surface area contributed by atoms with E-state index in [0.717, 1.165) is 18.4 Å². The van der Waals surface area contributed by atoms with Gasteiger partial charge in [-0.15, -0.1) is 0 Å². The predicted octanol–water partition coefficient (Wildman–Crippen LogP) is 2.46. The lowest BCUT2D eigenvalue weighted by molar-refractivity contribution is -0.263. The molecule has 0 radical (unpaired) electrons. The lowest BCUT2D eigenvalue weighted by Crippen LogP contribution is -2.67. The maximum Gasteiger partial charge on any atom is 0.228 e. The van der Waals surface area contributed by atoms with Crippen LogP contribution < -0.4 is 0 Å². The molecule has 5 fully saturated rings. The van der Waals surface area contributed by atoms with Crippen molar-refractivity contribution in [3.8, 4) is 6.07 Å². The highest BCUT2D eigenvalue weighted by molar-refractivity contribution is 6.01. The fourth-order valence-electron chi connectivity index (χ4n) is 8.55. The molecule has 0 aromatic carbocycles. The van der Waals surface area contributed by atoms with Crippen LogP contribution in [-0.4, -0.2) is 48.6 Å². The highest BCUT2D eigenvalue weighted by atomic mass is 16.9. The van der Waals surface area contributed by atoms with Crippen LogP contribution in [0.5, 0.6) is 0 Å². The molecule has 2 heterocycles. The van der Waals surface area contributed by atoms with Gasteiger partial charge >= 0.3 is 0 Å². The Kier molecular flexibility index (Phi) is 4.06. The average molecular weight is 427 g/mol. The van der Waals surface area contributed by atoms with Gasteiger partial charge in [-0.2, -0.15) is 5.26 Å². The van der Waals surface area contributed by atoms with Gasteiger partial charge in [-0.25, -0.2) is 0 Å². The number of hydrogen-bond donors (Lipinski definition) is 1. The number of nitriles is 1. The lowest BCUT2D eigenvalue weighted by atomic mass is 9.46. The minimum Gasteiger partial charge on any atom is -0.393 e. The molecule has 1 N–H and O–H groups in total. The second kappa shape index (κ2) is 6.27. The molecule has 166 valence electrons. The van der Waals surface area contributed by atoms with E-state index in [1.165, 1.54) is 0 Å². The molecule has 7 heteroatoms. The topological polar surface area (TPSA) is 98.0 Å². The molecular weight excluding hydrogens is 398 g/mol. The van der Waals surface area contributed by atoms with E-state index >= 15 is 0 Å². The van der Waals surface area contributed by atoms with E-state index in [4.69, 9.17) is 18.9 Å². The summed E-state index contributed by atoms with van der Waals surface area (Å²) < 4.78 is 24.0. The molecular formula is C24H29NO6. The molecule has 0 aromatic rings. The van der Waals surface area contributed by atoms with Crippen LogP contribution in [0.15, 0.2) is 23.8 Å². The molecule has 0 bridgehead atoms. The summed E-state index contributed by atoms with van der Waals surface area (Å²) in [7, 11) is 0. The lowest BCUT2D eigenvalue weighted by Gasteiger charge is -2.60. The van der Waals surface area contributed by atoms with Crippen LogP contribution in [0.3, 0.4) is 0 Å². The minimum absolute atomic E-state index is 0.00318. The smallest absolute Gasteiger partial charge is 0.228 e. The van der Waals surface area contributed by atoms with E-state index in [0.29, 0.717) is 12.8 Å². The Labute approximate surface area is 182 Å².